The minimum absolute atomic E-state index is 0. The van der Waals surface area contributed by atoms with Crippen LogP contribution in [0.5, 0.6) is 0 Å². The van der Waals surface area contributed by atoms with Gasteiger partial charge in [0, 0.05) is 25.6 Å². The fourth-order valence-corrected chi connectivity index (χ4v) is 1.51. The Labute approximate surface area is 140 Å². The highest BCUT2D eigenvalue weighted by molar-refractivity contribution is 14.0. The number of halogens is 1. The lowest BCUT2D eigenvalue weighted by Gasteiger charge is -2.16. The zero-order chi connectivity index (χ0) is 14.5. The van der Waals surface area contributed by atoms with Crippen molar-refractivity contribution in [2.45, 2.75) is 58.9 Å². The summed E-state index contributed by atoms with van der Waals surface area (Å²) >= 11 is 0. The Morgan fingerprint density at radius 2 is 1.95 bits per heavy atom. The molecule has 0 fully saturated rings. The quantitative estimate of drug-likeness (QED) is 0.206. The molecule has 120 valence electrons. The second-order valence-corrected chi connectivity index (χ2v) is 4.60. The van der Waals surface area contributed by atoms with Crippen LogP contribution in [0.1, 0.15) is 52.9 Å². The zero-order valence-corrected chi connectivity index (χ0v) is 15.5. The fraction of sp³-hybridized carbons (Fsp3) is 0.857. The van der Waals surface area contributed by atoms with Crippen LogP contribution < -0.4 is 10.6 Å². The summed E-state index contributed by atoms with van der Waals surface area (Å²) in [5.74, 6) is 0.750. The number of guanidine groups is 1. The lowest BCUT2D eigenvalue weighted by atomic mass is 10.2. The minimum atomic E-state index is -0.129. The summed E-state index contributed by atoms with van der Waals surface area (Å²) < 4.78 is 4.60. The van der Waals surface area contributed by atoms with Crippen LogP contribution in [0.15, 0.2) is 4.99 Å². The van der Waals surface area contributed by atoms with Crippen molar-refractivity contribution in [1.29, 1.82) is 0 Å². The number of esters is 1. The van der Waals surface area contributed by atoms with Gasteiger partial charge in [-0.3, -0.25) is 9.79 Å². The first-order valence-electron chi connectivity index (χ1n) is 7.25. The van der Waals surface area contributed by atoms with Gasteiger partial charge < -0.3 is 15.4 Å². The Bertz CT molecular complexity index is 273. The summed E-state index contributed by atoms with van der Waals surface area (Å²) in [5, 5.41) is 6.58. The molecule has 0 spiro atoms. The van der Waals surface area contributed by atoms with Crippen molar-refractivity contribution in [3.8, 4) is 0 Å². The molecule has 0 aromatic carbocycles. The smallest absolute Gasteiger partial charge is 0.305 e. The third-order valence-corrected chi connectivity index (χ3v) is 2.88. The maximum Gasteiger partial charge on any atom is 0.305 e. The van der Waals surface area contributed by atoms with E-state index in [2.05, 4.69) is 41.1 Å². The highest BCUT2D eigenvalue weighted by Gasteiger charge is 2.02. The van der Waals surface area contributed by atoms with E-state index in [1.165, 1.54) is 7.11 Å². The van der Waals surface area contributed by atoms with E-state index in [-0.39, 0.29) is 29.9 Å². The van der Waals surface area contributed by atoms with Gasteiger partial charge in [0.25, 0.3) is 0 Å². The molecule has 0 aliphatic rings. The molecule has 0 rings (SSSR count). The van der Waals surface area contributed by atoms with Gasteiger partial charge in [-0.2, -0.15) is 0 Å². The van der Waals surface area contributed by atoms with E-state index in [0.29, 0.717) is 12.5 Å². The summed E-state index contributed by atoms with van der Waals surface area (Å²) in [4.78, 5) is 15.4. The van der Waals surface area contributed by atoms with E-state index in [1.54, 1.807) is 0 Å². The molecule has 0 heterocycles. The number of nitrogens with one attached hydrogen (secondary N) is 2. The fourth-order valence-electron chi connectivity index (χ4n) is 1.51. The lowest BCUT2D eigenvalue weighted by Crippen LogP contribution is -2.42. The molecule has 0 amide bonds. The molecule has 6 heteroatoms. The Morgan fingerprint density at radius 3 is 2.50 bits per heavy atom. The van der Waals surface area contributed by atoms with Crippen molar-refractivity contribution in [2.75, 3.05) is 20.2 Å². The average molecular weight is 399 g/mol. The van der Waals surface area contributed by atoms with Gasteiger partial charge in [-0.1, -0.05) is 13.3 Å². The molecule has 0 saturated heterocycles. The highest BCUT2D eigenvalue weighted by atomic mass is 127. The number of carbonyl (C=O) groups is 1. The van der Waals surface area contributed by atoms with Crippen LogP contribution in [0, 0.1) is 0 Å². The molecule has 0 saturated carbocycles. The summed E-state index contributed by atoms with van der Waals surface area (Å²) in [5.41, 5.74) is 0. The third-order valence-electron chi connectivity index (χ3n) is 2.88. The van der Waals surface area contributed by atoms with E-state index in [4.69, 9.17) is 0 Å². The Hall–Kier alpha value is -0.530. The lowest BCUT2D eigenvalue weighted by molar-refractivity contribution is -0.140. The first kappa shape index (κ1) is 21.8. The van der Waals surface area contributed by atoms with Crippen LogP contribution in [-0.4, -0.2) is 38.2 Å². The molecule has 0 aliphatic carbocycles. The maximum atomic E-state index is 10.9. The summed E-state index contributed by atoms with van der Waals surface area (Å²) in [7, 11) is 1.43. The Morgan fingerprint density at radius 1 is 1.25 bits per heavy atom. The molecule has 0 aromatic heterocycles. The summed E-state index contributed by atoms with van der Waals surface area (Å²) in [6.07, 6.45) is 4.45. The van der Waals surface area contributed by atoms with E-state index in [1.807, 2.05) is 0 Å². The molecule has 2 N–H and O–H groups in total. The van der Waals surface area contributed by atoms with Crippen molar-refractivity contribution in [3.05, 3.63) is 0 Å². The van der Waals surface area contributed by atoms with E-state index in [0.717, 1.165) is 44.7 Å². The molecule has 0 bridgehead atoms. The average Bonchev–Trinajstić information content (AvgIpc) is 2.42. The van der Waals surface area contributed by atoms with Gasteiger partial charge in [0.15, 0.2) is 5.96 Å². The predicted molar refractivity (Wildman–Crippen MR) is 94.8 cm³/mol. The van der Waals surface area contributed by atoms with Crippen LogP contribution in [0.4, 0.5) is 0 Å². The van der Waals surface area contributed by atoms with Crippen molar-refractivity contribution in [2.24, 2.45) is 4.99 Å². The van der Waals surface area contributed by atoms with Crippen molar-refractivity contribution >= 4 is 35.9 Å². The number of rotatable bonds is 9. The number of carbonyl (C=O) groups excluding carboxylic acids is 1. The number of nitrogens with zero attached hydrogens (tertiary/aromatic N) is 1. The molecule has 0 aliphatic heterocycles. The monoisotopic (exact) mass is 399 g/mol. The number of methoxy groups -OCH3 is 1. The SMILES string of the molecule is CCNC(=NCCCCCC(=O)OC)NC(C)CC.I. The normalized spacial score (nSPS) is 12.3. The Kier molecular flexibility index (Phi) is 16.2. The number of ether oxygens (including phenoxy) is 1. The molecule has 0 aromatic rings. The van der Waals surface area contributed by atoms with E-state index >= 15 is 0 Å². The molecule has 5 nitrogen and oxygen atoms in total. The summed E-state index contributed by atoms with van der Waals surface area (Å²) in [6.45, 7) is 8.00. The predicted octanol–water partition coefficient (Wildman–Crippen LogP) is 2.69. The minimum Gasteiger partial charge on any atom is -0.469 e. The zero-order valence-electron chi connectivity index (χ0n) is 13.2. The van der Waals surface area contributed by atoms with Crippen LogP contribution in [0.2, 0.25) is 0 Å². The molecule has 1 unspecified atom stereocenters. The summed E-state index contributed by atoms with van der Waals surface area (Å²) in [6, 6.07) is 0.428. The van der Waals surface area contributed by atoms with E-state index < -0.39 is 0 Å². The van der Waals surface area contributed by atoms with Crippen LogP contribution >= 0.6 is 24.0 Å². The number of aliphatic imine (C=N–C) groups is 1. The molecular formula is C14H30IN3O2. The second-order valence-electron chi connectivity index (χ2n) is 4.60. The standard InChI is InChI=1S/C14H29N3O2.HI/c1-5-12(3)17-14(15-6-2)16-11-9-7-8-10-13(18)19-4;/h12H,5-11H2,1-4H3,(H2,15,16,17);1H. The number of hydrogen-bond acceptors (Lipinski definition) is 3. The molecular weight excluding hydrogens is 369 g/mol. The topological polar surface area (TPSA) is 62.7 Å². The van der Waals surface area contributed by atoms with Crippen LogP contribution in [-0.2, 0) is 9.53 Å². The van der Waals surface area contributed by atoms with Gasteiger partial charge in [0.1, 0.15) is 0 Å². The largest absolute Gasteiger partial charge is 0.469 e. The molecule has 20 heavy (non-hydrogen) atoms. The van der Waals surface area contributed by atoms with Crippen molar-refractivity contribution in [3.63, 3.8) is 0 Å². The van der Waals surface area contributed by atoms with Gasteiger partial charge in [0.2, 0.25) is 0 Å². The van der Waals surface area contributed by atoms with Gasteiger partial charge in [-0.25, -0.2) is 0 Å². The second kappa shape index (κ2) is 14.9. The number of unbranched alkanes of at least 4 members (excludes halogenated alkanes) is 2. The third kappa shape index (κ3) is 12.5. The first-order chi connectivity index (χ1) is 9.13. The maximum absolute atomic E-state index is 10.9. The van der Waals surface area contributed by atoms with Gasteiger partial charge in [-0.15, -0.1) is 24.0 Å². The van der Waals surface area contributed by atoms with Gasteiger partial charge in [-0.05, 0) is 33.1 Å². The first-order valence-corrected chi connectivity index (χ1v) is 7.25. The number of hydrogen-bond donors (Lipinski definition) is 2. The van der Waals surface area contributed by atoms with E-state index in [9.17, 15) is 4.79 Å². The molecule has 0 radical (unpaired) electrons. The highest BCUT2D eigenvalue weighted by Crippen LogP contribution is 2.01. The van der Waals surface area contributed by atoms with Crippen LogP contribution in [0.3, 0.4) is 0 Å². The Balaban J connectivity index is 0. The van der Waals surface area contributed by atoms with Crippen molar-refractivity contribution in [1.82, 2.24) is 10.6 Å². The van der Waals surface area contributed by atoms with Crippen molar-refractivity contribution < 1.29 is 9.53 Å². The van der Waals surface area contributed by atoms with Gasteiger partial charge in [0.05, 0.1) is 7.11 Å². The van der Waals surface area contributed by atoms with Gasteiger partial charge >= 0.3 is 5.97 Å². The molecule has 1 atom stereocenters. The van der Waals surface area contributed by atoms with Crippen LogP contribution in [0.25, 0.3) is 0 Å².